The molecule has 20 heavy (non-hydrogen) atoms. The van der Waals surface area contributed by atoms with Crippen LogP contribution in [0.1, 0.15) is 23.5 Å². The molecule has 100 valence electrons. The molecule has 2 aliphatic rings. The number of hydrogen-bond donors (Lipinski definition) is 0. The van der Waals surface area contributed by atoms with E-state index >= 15 is 0 Å². The largest absolute Gasteiger partial charge is 0.314 e. The van der Waals surface area contributed by atoms with Crippen LogP contribution >= 0.6 is 0 Å². The Hall–Kier alpha value is -2.16. The second-order valence-corrected chi connectivity index (χ2v) is 5.66. The van der Waals surface area contributed by atoms with Crippen molar-refractivity contribution in [1.82, 2.24) is 0 Å². The number of carbonyl (C=O) groups excluding carboxylic acids is 1. The highest BCUT2D eigenvalue weighted by Gasteiger charge is 2.66. The Morgan fingerprint density at radius 1 is 1.15 bits per heavy atom. The standard InChI is InChI=1S/C17H14FNO/c1-19-15-5-3-2-4-13(15)17(16(19)20)10-14(17)11-6-8-12(18)9-7-11/h2-9,14H,10H2,1H3/t14-,17+/m1/s1. The van der Waals surface area contributed by atoms with Crippen molar-refractivity contribution in [3.05, 3.63) is 65.5 Å². The molecule has 1 amide bonds. The summed E-state index contributed by atoms with van der Waals surface area (Å²) in [5.41, 5.74) is 2.75. The molecule has 2 aromatic rings. The van der Waals surface area contributed by atoms with E-state index in [-0.39, 0.29) is 17.6 Å². The van der Waals surface area contributed by atoms with Crippen molar-refractivity contribution >= 4 is 11.6 Å². The third kappa shape index (κ3) is 1.30. The maximum atomic E-state index is 13.0. The van der Waals surface area contributed by atoms with Gasteiger partial charge in [0, 0.05) is 18.7 Å². The zero-order valence-electron chi connectivity index (χ0n) is 11.1. The maximum absolute atomic E-state index is 13.0. The fourth-order valence-electron chi connectivity index (χ4n) is 3.56. The molecule has 0 N–H and O–H groups in total. The lowest BCUT2D eigenvalue weighted by Gasteiger charge is -2.11. The van der Waals surface area contributed by atoms with Gasteiger partial charge in [-0.2, -0.15) is 0 Å². The van der Waals surface area contributed by atoms with Gasteiger partial charge >= 0.3 is 0 Å². The molecule has 1 spiro atoms. The van der Waals surface area contributed by atoms with Crippen LogP contribution in [0.4, 0.5) is 10.1 Å². The van der Waals surface area contributed by atoms with Crippen molar-refractivity contribution < 1.29 is 9.18 Å². The molecule has 1 aliphatic carbocycles. The first-order chi connectivity index (χ1) is 9.64. The van der Waals surface area contributed by atoms with E-state index in [1.807, 2.05) is 31.3 Å². The van der Waals surface area contributed by atoms with Gasteiger partial charge in [0.15, 0.2) is 0 Å². The summed E-state index contributed by atoms with van der Waals surface area (Å²) in [6, 6.07) is 14.5. The first-order valence-corrected chi connectivity index (χ1v) is 6.78. The fourth-order valence-corrected chi connectivity index (χ4v) is 3.56. The average molecular weight is 267 g/mol. The zero-order chi connectivity index (χ0) is 13.9. The van der Waals surface area contributed by atoms with Crippen LogP contribution in [0.2, 0.25) is 0 Å². The predicted molar refractivity (Wildman–Crippen MR) is 75.3 cm³/mol. The Morgan fingerprint density at radius 3 is 2.60 bits per heavy atom. The number of para-hydroxylation sites is 1. The number of likely N-dealkylation sites (N-methyl/N-ethyl adjacent to an activating group) is 1. The van der Waals surface area contributed by atoms with Gasteiger partial charge in [0.2, 0.25) is 5.91 Å². The number of hydrogen-bond acceptors (Lipinski definition) is 1. The van der Waals surface area contributed by atoms with E-state index in [2.05, 4.69) is 0 Å². The lowest BCUT2D eigenvalue weighted by atomic mass is 9.92. The van der Waals surface area contributed by atoms with E-state index < -0.39 is 5.41 Å². The van der Waals surface area contributed by atoms with Gasteiger partial charge in [-0.3, -0.25) is 4.79 Å². The van der Waals surface area contributed by atoms with Gasteiger partial charge in [0.1, 0.15) is 5.82 Å². The molecule has 2 atom stereocenters. The molecule has 2 aromatic carbocycles. The number of rotatable bonds is 1. The topological polar surface area (TPSA) is 20.3 Å². The summed E-state index contributed by atoms with van der Waals surface area (Å²) in [7, 11) is 1.83. The highest BCUT2D eigenvalue weighted by Crippen LogP contribution is 2.65. The van der Waals surface area contributed by atoms with Gasteiger partial charge in [-0.15, -0.1) is 0 Å². The molecular formula is C17H14FNO. The Morgan fingerprint density at radius 2 is 1.85 bits per heavy atom. The zero-order valence-corrected chi connectivity index (χ0v) is 11.1. The number of benzene rings is 2. The quantitative estimate of drug-likeness (QED) is 0.777. The molecule has 1 fully saturated rings. The van der Waals surface area contributed by atoms with Crippen molar-refractivity contribution in [2.45, 2.75) is 17.8 Å². The van der Waals surface area contributed by atoms with Crippen LogP contribution < -0.4 is 4.90 Å². The Balaban J connectivity index is 1.80. The third-order valence-corrected chi connectivity index (χ3v) is 4.67. The van der Waals surface area contributed by atoms with Gasteiger partial charge in [0.05, 0.1) is 5.41 Å². The van der Waals surface area contributed by atoms with Gasteiger partial charge < -0.3 is 4.90 Å². The minimum absolute atomic E-state index is 0.160. The Kier molecular flexibility index (Phi) is 2.15. The summed E-state index contributed by atoms with van der Waals surface area (Å²) in [4.78, 5) is 14.4. The van der Waals surface area contributed by atoms with Crippen LogP contribution in [0.3, 0.4) is 0 Å². The minimum Gasteiger partial charge on any atom is -0.314 e. The molecule has 1 aliphatic heterocycles. The van der Waals surface area contributed by atoms with Crippen LogP contribution in [0.25, 0.3) is 0 Å². The van der Waals surface area contributed by atoms with Crippen LogP contribution in [-0.4, -0.2) is 13.0 Å². The van der Waals surface area contributed by atoms with Gasteiger partial charge in [-0.05, 0) is 35.7 Å². The number of amides is 1. The lowest BCUT2D eigenvalue weighted by molar-refractivity contribution is -0.120. The Labute approximate surface area is 116 Å². The number of anilines is 1. The van der Waals surface area contributed by atoms with Crippen molar-refractivity contribution in [2.75, 3.05) is 11.9 Å². The molecule has 1 saturated carbocycles. The number of halogens is 1. The summed E-state index contributed by atoms with van der Waals surface area (Å²) in [5, 5.41) is 0. The van der Waals surface area contributed by atoms with Gasteiger partial charge in [-0.1, -0.05) is 30.3 Å². The third-order valence-electron chi connectivity index (χ3n) is 4.67. The highest BCUT2D eigenvalue weighted by molar-refractivity contribution is 6.11. The SMILES string of the molecule is CN1C(=O)[C@@]2(C[C@@H]2c2ccc(F)cc2)c2ccccc21. The second kappa shape index (κ2) is 3.69. The van der Waals surface area contributed by atoms with E-state index in [9.17, 15) is 9.18 Å². The van der Waals surface area contributed by atoms with Crippen LogP contribution in [-0.2, 0) is 10.2 Å². The monoisotopic (exact) mass is 267 g/mol. The van der Waals surface area contributed by atoms with Crippen molar-refractivity contribution in [3.8, 4) is 0 Å². The van der Waals surface area contributed by atoms with Crippen LogP contribution in [0, 0.1) is 5.82 Å². The molecular weight excluding hydrogens is 253 g/mol. The molecule has 0 radical (unpaired) electrons. The molecule has 3 heteroatoms. The summed E-state index contributed by atoms with van der Waals surface area (Å²) >= 11 is 0. The minimum atomic E-state index is -0.414. The first kappa shape index (κ1) is 11.6. The molecule has 4 rings (SSSR count). The average Bonchev–Trinajstić information content (AvgIpc) is 3.19. The number of fused-ring (bicyclic) bond motifs is 2. The predicted octanol–water partition coefficient (Wildman–Crippen LogP) is 3.23. The normalized spacial score (nSPS) is 27.0. The van der Waals surface area contributed by atoms with Crippen LogP contribution in [0.15, 0.2) is 48.5 Å². The second-order valence-electron chi connectivity index (χ2n) is 5.66. The van der Waals surface area contributed by atoms with E-state index in [0.29, 0.717) is 0 Å². The Bertz CT molecular complexity index is 709. The molecule has 1 heterocycles. The number of nitrogens with zero attached hydrogens (tertiary/aromatic N) is 1. The smallest absolute Gasteiger partial charge is 0.238 e. The first-order valence-electron chi connectivity index (χ1n) is 6.78. The van der Waals surface area contributed by atoms with Crippen molar-refractivity contribution in [2.24, 2.45) is 0 Å². The van der Waals surface area contributed by atoms with Gasteiger partial charge in [0.25, 0.3) is 0 Å². The lowest BCUT2D eigenvalue weighted by Crippen LogP contribution is -2.29. The van der Waals surface area contributed by atoms with Crippen molar-refractivity contribution in [3.63, 3.8) is 0 Å². The molecule has 0 bridgehead atoms. The molecule has 0 saturated heterocycles. The fraction of sp³-hybridized carbons (Fsp3) is 0.235. The molecule has 0 aromatic heterocycles. The molecule has 2 nitrogen and oxygen atoms in total. The van der Waals surface area contributed by atoms with Crippen LogP contribution in [0.5, 0.6) is 0 Å². The maximum Gasteiger partial charge on any atom is 0.238 e. The van der Waals surface area contributed by atoms with Gasteiger partial charge in [-0.25, -0.2) is 4.39 Å². The summed E-state index contributed by atoms with van der Waals surface area (Å²) < 4.78 is 13.0. The van der Waals surface area contributed by atoms with E-state index in [1.165, 1.54) is 12.1 Å². The summed E-state index contributed by atoms with van der Waals surface area (Å²) in [6.45, 7) is 0. The summed E-state index contributed by atoms with van der Waals surface area (Å²) in [6.07, 6.45) is 0.818. The van der Waals surface area contributed by atoms with Crippen molar-refractivity contribution in [1.29, 1.82) is 0 Å². The van der Waals surface area contributed by atoms with E-state index in [1.54, 1.807) is 17.0 Å². The molecule has 0 unspecified atom stereocenters. The highest BCUT2D eigenvalue weighted by atomic mass is 19.1. The summed E-state index contributed by atoms with van der Waals surface area (Å²) in [5.74, 6) is 0.0911. The van der Waals surface area contributed by atoms with E-state index in [0.717, 1.165) is 23.2 Å². The van der Waals surface area contributed by atoms with E-state index in [4.69, 9.17) is 0 Å². The number of carbonyl (C=O) groups is 1.